The molecule has 0 aliphatic carbocycles. The molecule has 1 aliphatic rings. The molecule has 3 rings (SSSR count). The van der Waals surface area contributed by atoms with Gasteiger partial charge in [0, 0.05) is 23.6 Å². The number of likely N-dealkylation sites (tertiary alicyclic amines) is 1. The molecule has 0 spiro atoms. The summed E-state index contributed by atoms with van der Waals surface area (Å²) in [6, 6.07) is 4.03. The van der Waals surface area contributed by atoms with E-state index in [4.69, 9.17) is 14.7 Å². The molecule has 6 heteroatoms. The van der Waals surface area contributed by atoms with Gasteiger partial charge in [-0.3, -0.25) is 9.69 Å². The van der Waals surface area contributed by atoms with Crippen LogP contribution < -0.4 is 5.73 Å². The van der Waals surface area contributed by atoms with Gasteiger partial charge in [-0.1, -0.05) is 32.3 Å². The molecule has 2 aromatic rings. The first-order chi connectivity index (χ1) is 11.8. The third-order valence-corrected chi connectivity index (χ3v) is 4.71. The summed E-state index contributed by atoms with van der Waals surface area (Å²) >= 11 is 0. The maximum atomic E-state index is 11.6. The van der Waals surface area contributed by atoms with Crippen molar-refractivity contribution in [3.8, 4) is 0 Å². The Bertz CT molecular complexity index is 754. The Labute approximate surface area is 148 Å². The van der Waals surface area contributed by atoms with Crippen molar-refractivity contribution in [2.24, 2.45) is 5.73 Å². The second-order valence-electron chi connectivity index (χ2n) is 7.92. The summed E-state index contributed by atoms with van der Waals surface area (Å²) < 4.78 is 11.1. The van der Waals surface area contributed by atoms with Gasteiger partial charge in [0.25, 0.3) is 5.91 Å². The smallest absolute Gasteiger partial charge is 0.284 e. The van der Waals surface area contributed by atoms with Crippen molar-refractivity contribution in [3.05, 3.63) is 40.7 Å². The summed E-state index contributed by atoms with van der Waals surface area (Å²) in [5.41, 5.74) is 7.23. The highest BCUT2D eigenvalue weighted by atomic mass is 16.5. The Morgan fingerprint density at radius 1 is 1.36 bits per heavy atom. The summed E-state index contributed by atoms with van der Waals surface area (Å²) in [7, 11) is 0. The number of hydrogen-bond donors (Lipinski definition) is 1. The van der Waals surface area contributed by atoms with E-state index in [-0.39, 0.29) is 17.2 Å². The number of aromatic nitrogens is 1. The van der Waals surface area contributed by atoms with E-state index >= 15 is 0 Å². The number of nitrogens with two attached hydrogens (primary N) is 1. The molecule has 2 aromatic heterocycles. The van der Waals surface area contributed by atoms with Crippen molar-refractivity contribution in [3.63, 3.8) is 0 Å². The second kappa shape index (κ2) is 6.67. The zero-order chi connectivity index (χ0) is 18.2. The Kier molecular flexibility index (Phi) is 4.73. The van der Waals surface area contributed by atoms with Gasteiger partial charge in [0.1, 0.15) is 17.2 Å². The Morgan fingerprint density at radius 2 is 2.12 bits per heavy atom. The molecule has 25 heavy (non-hydrogen) atoms. The fraction of sp³-hybridized carbons (Fsp3) is 0.579. The molecule has 1 saturated heterocycles. The van der Waals surface area contributed by atoms with Crippen LogP contribution in [-0.4, -0.2) is 22.5 Å². The van der Waals surface area contributed by atoms with Crippen LogP contribution in [0, 0.1) is 6.92 Å². The molecule has 1 amide bonds. The molecule has 0 unspecified atom stereocenters. The van der Waals surface area contributed by atoms with E-state index in [1.165, 1.54) is 6.42 Å². The van der Waals surface area contributed by atoms with Gasteiger partial charge in [0.05, 0.1) is 6.04 Å². The number of furan rings is 1. The summed E-state index contributed by atoms with van der Waals surface area (Å²) in [5, 5.41) is 4.22. The van der Waals surface area contributed by atoms with Crippen LogP contribution in [0.5, 0.6) is 0 Å². The molecule has 0 saturated carbocycles. The van der Waals surface area contributed by atoms with Gasteiger partial charge in [-0.2, -0.15) is 0 Å². The molecule has 136 valence electrons. The number of nitrogens with zero attached hydrogens (tertiary/aromatic N) is 2. The lowest BCUT2D eigenvalue weighted by molar-refractivity contribution is 0.0970. The maximum Gasteiger partial charge on any atom is 0.284 e. The minimum Gasteiger partial charge on any atom is -0.455 e. The third-order valence-electron chi connectivity index (χ3n) is 4.71. The molecule has 1 fully saturated rings. The van der Waals surface area contributed by atoms with Crippen molar-refractivity contribution in [2.45, 2.75) is 65.0 Å². The highest BCUT2D eigenvalue weighted by Crippen LogP contribution is 2.35. The Balaban J connectivity index is 1.90. The van der Waals surface area contributed by atoms with Crippen molar-refractivity contribution >= 4 is 5.91 Å². The van der Waals surface area contributed by atoms with E-state index in [2.05, 4.69) is 30.8 Å². The Hall–Kier alpha value is -2.08. The van der Waals surface area contributed by atoms with Gasteiger partial charge in [0.15, 0.2) is 5.76 Å². The predicted molar refractivity (Wildman–Crippen MR) is 94.2 cm³/mol. The minimum absolute atomic E-state index is 0.196. The number of carbonyl (C=O) groups excluding carboxylic acids is 1. The van der Waals surface area contributed by atoms with E-state index in [0.717, 1.165) is 42.2 Å². The minimum atomic E-state index is -0.529. The van der Waals surface area contributed by atoms with E-state index < -0.39 is 5.91 Å². The number of hydrogen-bond acceptors (Lipinski definition) is 5. The number of carbonyl (C=O) groups is 1. The third kappa shape index (κ3) is 3.79. The van der Waals surface area contributed by atoms with Crippen LogP contribution in [0.15, 0.2) is 21.1 Å². The first kappa shape index (κ1) is 17.7. The summed E-state index contributed by atoms with van der Waals surface area (Å²) in [6.45, 7) is 9.84. The van der Waals surface area contributed by atoms with Gasteiger partial charge < -0.3 is 14.7 Å². The average molecular weight is 345 g/mol. The highest BCUT2D eigenvalue weighted by Gasteiger charge is 2.31. The van der Waals surface area contributed by atoms with Crippen LogP contribution in [0.1, 0.15) is 79.4 Å². The molecule has 0 radical (unpaired) electrons. The van der Waals surface area contributed by atoms with Gasteiger partial charge in [-0.05, 0) is 32.4 Å². The molecule has 3 heterocycles. The van der Waals surface area contributed by atoms with Crippen LogP contribution in [0.3, 0.4) is 0 Å². The van der Waals surface area contributed by atoms with Crippen LogP contribution >= 0.6 is 0 Å². The normalized spacial score (nSPS) is 19.3. The lowest BCUT2D eigenvalue weighted by atomic mass is 9.89. The molecule has 1 atom stereocenters. The van der Waals surface area contributed by atoms with Gasteiger partial charge in [-0.15, -0.1) is 0 Å². The van der Waals surface area contributed by atoms with E-state index in [1.807, 2.05) is 13.0 Å². The topological polar surface area (TPSA) is 85.5 Å². The molecule has 0 aromatic carbocycles. The first-order valence-corrected chi connectivity index (χ1v) is 8.86. The fourth-order valence-electron chi connectivity index (χ4n) is 3.58. The second-order valence-corrected chi connectivity index (χ2v) is 7.92. The SMILES string of the molecule is Cc1cc([C@@H]2CCCCN2Cc2cc(C(N)=O)oc2C(C)(C)C)no1. The number of rotatable bonds is 4. The van der Waals surface area contributed by atoms with Gasteiger partial charge in [0.2, 0.25) is 0 Å². The molecule has 0 bridgehead atoms. The van der Waals surface area contributed by atoms with Crippen LogP contribution in [0.2, 0.25) is 0 Å². The fourth-order valence-corrected chi connectivity index (χ4v) is 3.58. The molecule has 2 N–H and O–H groups in total. The predicted octanol–water partition coefficient (Wildman–Crippen LogP) is 3.70. The average Bonchev–Trinajstić information content (AvgIpc) is 3.14. The molecular formula is C19H27N3O3. The van der Waals surface area contributed by atoms with Crippen molar-refractivity contribution in [1.29, 1.82) is 0 Å². The lowest BCUT2D eigenvalue weighted by Gasteiger charge is -2.34. The summed E-state index contributed by atoms with van der Waals surface area (Å²) in [6.07, 6.45) is 3.38. The van der Waals surface area contributed by atoms with E-state index in [9.17, 15) is 4.79 Å². The number of amides is 1. The number of piperidine rings is 1. The van der Waals surface area contributed by atoms with Crippen LogP contribution in [0.4, 0.5) is 0 Å². The van der Waals surface area contributed by atoms with Gasteiger partial charge >= 0.3 is 0 Å². The number of primary amides is 1. The summed E-state index contributed by atoms with van der Waals surface area (Å²) in [5.74, 6) is 1.35. The first-order valence-electron chi connectivity index (χ1n) is 8.86. The van der Waals surface area contributed by atoms with E-state index in [0.29, 0.717) is 6.54 Å². The zero-order valence-electron chi connectivity index (χ0n) is 15.5. The number of aryl methyl sites for hydroxylation is 1. The largest absolute Gasteiger partial charge is 0.455 e. The van der Waals surface area contributed by atoms with E-state index in [1.54, 1.807) is 6.07 Å². The monoisotopic (exact) mass is 345 g/mol. The van der Waals surface area contributed by atoms with Crippen molar-refractivity contribution in [2.75, 3.05) is 6.54 Å². The maximum absolute atomic E-state index is 11.6. The molecular weight excluding hydrogens is 318 g/mol. The summed E-state index contributed by atoms with van der Waals surface area (Å²) in [4.78, 5) is 14.0. The molecule has 1 aliphatic heterocycles. The highest BCUT2D eigenvalue weighted by molar-refractivity contribution is 5.90. The molecule has 6 nitrogen and oxygen atoms in total. The Morgan fingerprint density at radius 3 is 2.72 bits per heavy atom. The quantitative estimate of drug-likeness (QED) is 0.913. The standard InChI is InChI=1S/C19H27N3O3/c1-12-9-14(21-25-12)15-7-5-6-8-22(15)11-13-10-16(18(20)23)24-17(13)19(2,3)4/h9-10,15H,5-8,11H2,1-4H3,(H2,20,23)/t15-/m0/s1. The van der Waals surface area contributed by atoms with Gasteiger partial charge in [-0.25, -0.2) is 0 Å². The van der Waals surface area contributed by atoms with Crippen LogP contribution in [0.25, 0.3) is 0 Å². The van der Waals surface area contributed by atoms with Crippen molar-refractivity contribution in [1.82, 2.24) is 10.1 Å². The van der Waals surface area contributed by atoms with Crippen molar-refractivity contribution < 1.29 is 13.7 Å². The lowest BCUT2D eigenvalue weighted by Crippen LogP contribution is -2.33. The van der Waals surface area contributed by atoms with Crippen LogP contribution in [-0.2, 0) is 12.0 Å². The zero-order valence-corrected chi connectivity index (χ0v) is 15.5.